The lowest BCUT2D eigenvalue weighted by molar-refractivity contribution is 0.147. The molecule has 1 aliphatic heterocycles. The Labute approximate surface area is 154 Å². The number of carbonyl (C=O) groups is 1. The van der Waals surface area contributed by atoms with E-state index in [4.69, 9.17) is 9.47 Å². The van der Waals surface area contributed by atoms with E-state index >= 15 is 0 Å². The average molecular weight is 352 g/mol. The molecule has 0 aromatic heterocycles. The Balaban J connectivity index is 1.70. The van der Waals surface area contributed by atoms with E-state index in [1.165, 1.54) is 0 Å². The number of rotatable bonds is 6. The number of carbonyl (C=O) groups excluding carboxylic acids is 1. The second-order valence-electron chi connectivity index (χ2n) is 6.32. The molecule has 136 valence electrons. The highest BCUT2D eigenvalue weighted by molar-refractivity contribution is 5.77. The first-order chi connectivity index (χ1) is 12.6. The van der Waals surface area contributed by atoms with Gasteiger partial charge in [-0.1, -0.05) is 24.3 Å². The van der Waals surface area contributed by atoms with E-state index in [1.54, 1.807) is 19.1 Å². The molecular formula is C21H24N2O3. The summed E-state index contributed by atoms with van der Waals surface area (Å²) in [7, 11) is 3.29. The number of hydrogen-bond donors (Lipinski definition) is 0. The van der Waals surface area contributed by atoms with Crippen molar-refractivity contribution in [1.82, 2.24) is 9.80 Å². The fraction of sp³-hybridized carbons (Fsp3) is 0.286. The second-order valence-corrected chi connectivity index (χ2v) is 6.32. The third-order valence-electron chi connectivity index (χ3n) is 4.55. The van der Waals surface area contributed by atoms with E-state index in [-0.39, 0.29) is 12.1 Å². The summed E-state index contributed by atoms with van der Waals surface area (Å²) in [6.07, 6.45) is 3.93. The lowest BCUT2D eigenvalue weighted by Gasteiger charge is -2.36. The first kappa shape index (κ1) is 17.9. The number of hydrogen-bond acceptors (Lipinski definition) is 3. The molecule has 0 aliphatic carbocycles. The molecule has 3 rings (SSSR count). The Morgan fingerprint density at radius 1 is 0.846 bits per heavy atom. The largest absolute Gasteiger partial charge is 0.497 e. The zero-order valence-corrected chi connectivity index (χ0v) is 15.4. The van der Waals surface area contributed by atoms with Crippen LogP contribution in [-0.4, -0.2) is 36.1 Å². The maximum absolute atomic E-state index is 12.9. The minimum atomic E-state index is 0.00614. The highest BCUT2D eigenvalue weighted by Gasteiger charge is 2.27. The molecule has 0 spiro atoms. The first-order valence-corrected chi connectivity index (χ1v) is 8.62. The molecule has 0 saturated carbocycles. The molecule has 2 amide bonds. The van der Waals surface area contributed by atoms with Crippen molar-refractivity contribution in [2.24, 2.45) is 0 Å². The predicted molar refractivity (Wildman–Crippen MR) is 101 cm³/mol. The summed E-state index contributed by atoms with van der Waals surface area (Å²) in [4.78, 5) is 16.5. The van der Waals surface area contributed by atoms with Crippen LogP contribution in [0.25, 0.3) is 0 Å². The van der Waals surface area contributed by atoms with Gasteiger partial charge in [0.25, 0.3) is 0 Å². The summed E-state index contributed by atoms with van der Waals surface area (Å²) in [5.41, 5.74) is 2.13. The standard InChI is InChI=1S/C21H24N2O3/c1-16-12-13-22(14-17-4-8-19(25-2)9-5-17)21(24)23(16)15-18-6-10-20(26-3)11-7-18/h4-13,16H,14-15H2,1-3H3. The molecule has 1 unspecified atom stereocenters. The van der Waals surface area contributed by atoms with Crippen molar-refractivity contribution in [2.45, 2.75) is 26.1 Å². The van der Waals surface area contributed by atoms with Crippen molar-refractivity contribution in [3.05, 3.63) is 71.9 Å². The Morgan fingerprint density at radius 3 is 1.85 bits per heavy atom. The Hall–Kier alpha value is -2.95. The number of methoxy groups -OCH3 is 2. The van der Waals surface area contributed by atoms with Crippen LogP contribution >= 0.6 is 0 Å². The van der Waals surface area contributed by atoms with Gasteiger partial charge in [0.2, 0.25) is 0 Å². The Bertz CT molecular complexity index is 769. The molecule has 26 heavy (non-hydrogen) atoms. The molecular weight excluding hydrogens is 328 g/mol. The molecule has 0 N–H and O–H groups in total. The second kappa shape index (κ2) is 7.95. The minimum absolute atomic E-state index is 0.00614. The van der Waals surface area contributed by atoms with E-state index < -0.39 is 0 Å². The third-order valence-corrected chi connectivity index (χ3v) is 4.55. The molecule has 0 bridgehead atoms. The zero-order valence-electron chi connectivity index (χ0n) is 15.4. The van der Waals surface area contributed by atoms with Crippen LogP contribution in [0.5, 0.6) is 11.5 Å². The lowest BCUT2D eigenvalue weighted by atomic mass is 10.1. The van der Waals surface area contributed by atoms with Crippen LogP contribution in [0.15, 0.2) is 60.8 Å². The summed E-state index contributed by atoms with van der Waals surface area (Å²) in [5.74, 6) is 1.62. The SMILES string of the molecule is COc1ccc(CN2C=CC(C)N(Cc3ccc(OC)cc3)C2=O)cc1. The van der Waals surface area contributed by atoms with Crippen LogP contribution in [0.3, 0.4) is 0 Å². The summed E-state index contributed by atoms with van der Waals surface area (Å²) < 4.78 is 10.4. The van der Waals surface area contributed by atoms with Gasteiger partial charge in [-0.05, 0) is 48.4 Å². The highest BCUT2D eigenvalue weighted by atomic mass is 16.5. The smallest absolute Gasteiger partial charge is 0.325 e. The van der Waals surface area contributed by atoms with E-state index in [0.29, 0.717) is 13.1 Å². The van der Waals surface area contributed by atoms with Gasteiger partial charge in [0.1, 0.15) is 11.5 Å². The first-order valence-electron chi connectivity index (χ1n) is 8.62. The molecule has 5 heteroatoms. The van der Waals surface area contributed by atoms with Crippen molar-refractivity contribution in [2.75, 3.05) is 14.2 Å². The van der Waals surface area contributed by atoms with E-state index in [2.05, 4.69) is 6.08 Å². The number of benzene rings is 2. The molecule has 2 aromatic rings. The van der Waals surface area contributed by atoms with Crippen molar-refractivity contribution in [3.8, 4) is 11.5 Å². The van der Waals surface area contributed by atoms with E-state index in [9.17, 15) is 4.79 Å². The van der Waals surface area contributed by atoms with Crippen LogP contribution in [-0.2, 0) is 13.1 Å². The van der Waals surface area contributed by atoms with Gasteiger partial charge in [-0.3, -0.25) is 4.90 Å². The van der Waals surface area contributed by atoms with Gasteiger partial charge in [0.15, 0.2) is 0 Å². The van der Waals surface area contributed by atoms with Crippen molar-refractivity contribution >= 4 is 6.03 Å². The number of urea groups is 1. The Morgan fingerprint density at radius 2 is 1.35 bits per heavy atom. The summed E-state index contributed by atoms with van der Waals surface area (Å²) in [6, 6.07) is 15.6. The van der Waals surface area contributed by atoms with E-state index in [0.717, 1.165) is 22.6 Å². The maximum Gasteiger partial charge on any atom is 0.325 e. The zero-order chi connectivity index (χ0) is 18.5. The topological polar surface area (TPSA) is 42.0 Å². The molecule has 1 atom stereocenters. The van der Waals surface area contributed by atoms with Crippen LogP contribution in [0.4, 0.5) is 4.79 Å². The van der Waals surface area contributed by atoms with Gasteiger partial charge in [-0.25, -0.2) is 4.79 Å². The maximum atomic E-state index is 12.9. The fourth-order valence-corrected chi connectivity index (χ4v) is 2.92. The number of ether oxygens (including phenoxy) is 2. The summed E-state index contributed by atoms with van der Waals surface area (Å²) in [6.45, 7) is 3.13. The highest BCUT2D eigenvalue weighted by Crippen LogP contribution is 2.21. The third kappa shape index (κ3) is 3.99. The lowest BCUT2D eigenvalue weighted by Crippen LogP contribution is -2.47. The molecule has 0 fully saturated rings. The van der Waals surface area contributed by atoms with Crippen LogP contribution in [0, 0.1) is 0 Å². The van der Waals surface area contributed by atoms with Crippen molar-refractivity contribution in [1.29, 1.82) is 0 Å². The average Bonchev–Trinajstić information content (AvgIpc) is 2.68. The quantitative estimate of drug-likeness (QED) is 0.788. The van der Waals surface area contributed by atoms with Crippen molar-refractivity contribution < 1.29 is 14.3 Å². The summed E-state index contributed by atoms with van der Waals surface area (Å²) in [5, 5.41) is 0. The van der Waals surface area contributed by atoms with E-state index in [1.807, 2.05) is 66.6 Å². The monoisotopic (exact) mass is 352 g/mol. The molecule has 1 aliphatic rings. The van der Waals surface area contributed by atoms with Crippen molar-refractivity contribution in [3.63, 3.8) is 0 Å². The van der Waals surface area contributed by atoms with Gasteiger partial charge in [-0.2, -0.15) is 0 Å². The molecule has 1 heterocycles. The summed E-state index contributed by atoms with van der Waals surface area (Å²) >= 11 is 0. The van der Waals surface area contributed by atoms with Gasteiger partial charge in [0.05, 0.1) is 26.8 Å². The van der Waals surface area contributed by atoms with Crippen LogP contribution < -0.4 is 9.47 Å². The fourth-order valence-electron chi connectivity index (χ4n) is 2.92. The molecule has 2 aromatic carbocycles. The number of nitrogens with zero attached hydrogens (tertiary/aromatic N) is 2. The molecule has 5 nitrogen and oxygen atoms in total. The van der Waals surface area contributed by atoms with Crippen LogP contribution in [0.2, 0.25) is 0 Å². The predicted octanol–water partition coefficient (Wildman–Crippen LogP) is 4.04. The van der Waals surface area contributed by atoms with Gasteiger partial charge in [-0.15, -0.1) is 0 Å². The minimum Gasteiger partial charge on any atom is -0.497 e. The Kier molecular flexibility index (Phi) is 5.46. The van der Waals surface area contributed by atoms with Gasteiger partial charge < -0.3 is 14.4 Å². The van der Waals surface area contributed by atoms with Gasteiger partial charge >= 0.3 is 6.03 Å². The number of amides is 2. The molecule has 0 radical (unpaired) electrons. The molecule has 0 saturated heterocycles. The van der Waals surface area contributed by atoms with Crippen LogP contribution in [0.1, 0.15) is 18.1 Å². The van der Waals surface area contributed by atoms with Gasteiger partial charge in [0, 0.05) is 12.7 Å². The normalized spacial score (nSPS) is 16.7.